The summed E-state index contributed by atoms with van der Waals surface area (Å²) in [6.45, 7) is 2.03. The summed E-state index contributed by atoms with van der Waals surface area (Å²) in [7, 11) is 0. The van der Waals surface area contributed by atoms with Gasteiger partial charge in [-0.2, -0.15) is 10.2 Å². The number of aromatic amines is 1. The summed E-state index contributed by atoms with van der Waals surface area (Å²) in [5.41, 5.74) is 4.57. The van der Waals surface area contributed by atoms with Crippen molar-refractivity contribution >= 4 is 33.6 Å². The summed E-state index contributed by atoms with van der Waals surface area (Å²) >= 11 is 0. The third-order valence-electron chi connectivity index (χ3n) is 4.21. The van der Waals surface area contributed by atoms with E-state index in [1.165, 1.54) is 12.8 Å². The molecule has 4 aromatic heterocycles. The van der Waals surface area contributed by atoms with E-state index in [-0.39, 0.29) is 0 Å². The molecule has 0 amide bonds. The Morgan fingerprint density at radius 3 is 3.09 bits per heavy atom. The highest BCUT2D eigenvalue weighted by Crippen LogP contribution is 2.37. The summed E-state index contributed by atoms with van der Waals surface area (Å²) in [6, 6.07) is 6.43. The lowest BCUT2D eigenvalue weighted by molar-refractivity contribution is 0.652. The number of rotatable bonds is 3. The smallest absolute Gasteiger partial charge is 0.178 e. The van der Waals surface area contributed by atoms with Gasteiger partial charge in [-0.15, -0.1) is 0 Å². The molecule has 5 rings (SSSR count). The van der Waals surface area contributed by atoms with Crippen LogP contribution in [0, 0.1) is 6.92 Å². The van der Waals surface area contributed by atoms with Gasteiger partial charge in [0.1, 0.15) is 5.52 Å². The number of hydrogen-bond donors (Lipinski definition) is 2. The SMILES string of the molecule is Cc1nn(C2CC2)c2ncc(Nc3n[nH]c4cccnc34)cc12. The van der Waals surface area contributed by atoms with Crippen molar-refractivity contribution in [1.82, 2.24) is 29.9 Å². The molecule has 1 saturated carbocycles. The molecular formula is C16H15N7. The fourth-order valence-corrected chi connectivity index (χ4v) is 2.89. The first-order valence-electron chi connectivity index (χ1n) is 7.70. The Morgan fingerprint density at radius 2 is 2.22 bits per heavy atom. The molecule has 0 aromatic carbocycles. The van der Waals surface area contributed by atoms with Gasteiger partial charge in [-0.25, -0.2) is 9.67 Å². The van der Waals surface area contributed by atoms with E-state index < -0.39 is 0 Å². The van der Waals surface area contributed by atoms with E-state index in [0.717, 1.165) is 33.4 Å². The van der Waals surface area contributed by atoms with Crippen molar-refractivity contribution in [3.8, 4) is 0 Å². The lowest BCUT2D eigenvalue weighted by Crippen LogP contribution is -1.98. The van der Waals surface area contributed by atoms with Crippen LogP contribution in [-0.4, -0.2) is 29.9 Å². The van der Waals surface area contributed by atoms with Crippen LogP contribution in [-0.2, 0) is 0 Å². The molecule has 114 valence electrons. The molecule has 1 fully saturated rings. The number of nitrogens with one attached hydrogen (secondary N) is 2. The molecule has 0 unspecified atom stereocenters. The highest BCUT2D eigenvalue weighted by atomic mass is 15.3. The molecule has 0 aliphatic heterocycles. The summed E-state index contributed by atoms with van der Waals surface area (Å²) in [4.78, 5) is 8.96. The monoisotopic (exact) mass is 305 g/mol. The van der Waals surface area contributed by atoms with Gasteiger partial charge in [-0.05, 0) is 38.0 Å². The third-order valence-corrected chi connectivity index (χ3v) is 4.21. The average molecular weight is 305 g/mol. The van der Waals surface area contributed by atoms with Crippen LogP contribution in [0.1, 0.15) is 24.6 Å². The number of anilines is 2. The predicted molar refractivity (Wildman–Crippen MR) is 87.7 cm³/mol. The van der Waals surface area contributed by atoms with Crippen molar-refractivity contribution in [2.24, 2.45) is 0 Å². The lowest BCUT2D eigenvalue weighted by atomic mass is 10.2. The van der Waals surface area contributed by atoms with Gasteiger partial charge in [0.05, 0.1) is 29.1 Å². The molecule has 1 aliphatic rings. The normalized spacial score (nSPS) is 14.7. The Bertz CT molecular complexity index is 1030. The molecule has 0 radical (unpaired) electrons. The van der Waals surface area contributed by atoms with Gasteiger partial charge in [0, 0.05) is 11.6 Å². The molecule has 0 atom stereocenters. The maximum atomic E-state index is 4.63. The highest BCUT2D eigenvalue weighted by molar-refractivity contribution is 5.89. The van der Waals surface area contributed by atoms with E-state index >= 15 is 0 Å². The quantitative estimate of drug-likeness (QED) is 0.607. The summed E-state index contributed by atoms with van der Waals surface area (Å²) in [5, 5.41) is 16.3. The van der Waals surface area contributed by atoms with Crippen molar-refractivity contribution in [2.45, 2.75) is 25.8 Å². The first kappa shape index (κ1) is 12.6. The Kier molecular flexibility index (Phi) is 2.47. The van der Waals surface area contributed by atoms with Gasteiger partial charge < -0.3 is 5.32 Å². The first-order valence-corrected chi connectivity index (χ1v) is 7.70. The number of hydrogen-bond acceptors (Lipinski definition) is 5. The van der Waals surface area contributed by atoms with Gasteiger partial charge >= 0.3 is 0 Å². The van der Waals surface area contributed by atoms with E-state index in [9.17, 15) is 0 Å². The molecule has 1 aliphatic carbocycles. The molecule has 0 spiro atoms. The minimum atomic E-state index is 0.525. The molecule has 4 aromatic rings. The maximum Gasteiger partial charge on any atom is 0.178 e. The Hall–Kier alpha value is -2.96. The predicted octanol–water partition coefficient (Wildman–Crippen LogP) is 3.09. The number of nitrogens with zero attached hydrogens (tertiary/aromatic N) is 5. The van der Waals surface area contributed by atoms with Crippen LogP contribution in [0.5, 0.6) is 0 Å². The Morgan fingerprint density at radius 1 is 1.30 bits per heavy atom. The van der Waals surface area contributed by atoms with Crippen LogP contribution < -0.4 is 5.32 Å². The minimum absolute atomic E-state index is 0.525. The van der Waals surface area contributed by atoms with Crippen LogP contribution in [0.3, 0.4) is 0 Å². The number of H-pyrrole nitrogens is 1. The number of aryl methyl sites for hydroxylation is 1. The van der Waals surface area contributed by atoms with Crippen LogP contribution in [0.2, 0.25) is 0 Å². The van der Waals surface area contributed by atoms with E-state index in [2.05, 4.69) is 41.3 Å². The summed E-state index contributed by atoms with van der Waals surface area (Å²) in [6.07, 6.45) is 5.98. The largest absolute Gasteiger partial charge is 0.336 e. The highest BCUT2D eigenvalue weighted by Gasteiger charge is 2.27. The van der Waals surface area contributed by atoms with Crippen molar-refractivity contribution < 1.29 is 0 Å². The molecule has 4 heterocycles. The standard InChI is InChI=1S/C16H15N7/c1-9-12-7-10(8-18-16(12)23(22-9)11-4-5-11)19-15-14-13(20-21-15)3-2-6-17-14/h2-3,6-8,11H,4-5H2,1H3,(H2,19,20,21). The molecule has 23 heavy (non-hydrogen) atoms. The van der Waals surface area contributed by atoms with Gasteiger partial charge in [-0.1, -0.05) is 0 Å². The molecule has 0 bridgehead atoms. The topological polar surface area (TPSA) is 84.3 Å². The second-order valence-electron chi connectivity index (χ2n) is 5.95. The van der Waals surface area contributed by atoms with Crippen molar-refractivity contribution in [2.75, 3.05) is 5.32 Å². The van der Waals surface area contributed by atoms with Gasteiger partial charge in [0.2, 0.25) is 0 Å². The first-order chi connectivity index (χ1) is 11.3. The summed E-state index contributed by atoms with van der Waals surface area (Å²) < 4.78 is 2.06. The molecular weight excluding hydrogens is 290 g/mol. The fourth-order valence-electron chi connectivity index (χ4n) is 2.89. The molecule has 0 saturated heterocycles. The third kappa shape index (κ3) is 1.97. The van der Waals surface area contributed by atoms with E-state index in [1.54, 1.807) is 6.20 Å². The summed E-state index contributed by atoms with van der Waals surface area (Å²) in [5.74, 6) is 0.703. The Labute approximate surface area is 131 Å². The molecule has 7 heteroatoms. The van der Waals surface area contributed by atoms with Crippen molar-refractivity contribution in [3.63, 3.8) is 0 Å². The van der Waals surface area contributed by atoms with Gasteiger partial charge in [0.25, 0.3) is 0 Å². The maximum absolute atomic E-state index is 4.63. The van der Waals surface area contributed by atoms with Crippen LogP contribution in [0.4, 0.5) is 11.5 Å². The zero-order chi connectivity index (χ0) is 15.4. The van der Waals surface area contributed by atoms with E-state index in [1.807, 2.05) is 25.3 Å². The number of aromatic nitrogens is 6. The number of fused-ring (bicyclic) bond motifs is 2. The van der Waals surface area contributed by atoms with Crippen LogP contribution in [0.15, 0.2) is 30.6 Å². The average Bonchev–Trinajstić information content (AvgIpc) is 3.27. The zero-order valence-electron chi connectivity index (χ0n) is 12.6. The Balaban J connectivity index is 1.57. The van der Waals surface area contributed by atoms with Crippen molar-refractivity contribution in [1.29, 1.82) is 0 Å². The van der Waals surface area contributed by atoms with Gasteiger partial charge in [0.15, 0.2) is 11.5 Å². The van der Waals surface area contributed by atoms with E-state index in [4.69, 9.17) is 0 Å². The lowest BCUT2D eigenvalue weighted by Gasteiger charge is -2.04. The minimum Gasteiger partial charge on any atom is -0.336 e. The van der Waals surface area contributed by atoms with Crippen molar-refractivity contribution in [3.05, 3.63) is 36.3 Å². The van der Waals surface area contributed by atoms with Crippen LogP contribution >= 0.6 is 0 Å². The molecule has 7 nitrogen and oxygen atoms in total. The number of pyridine rings is 2. The second-order valence-corrected chi connectivity index (χ2v) is 5.95. The fraction of sp³-hybridized carbons (Fsp3) is 0.250. The van der Waals surface area contributed by atoms with Crippen LogP contribution in [0.25, 0.3) is 22.1 Å². The second kappa shape index (κ2) is 4.52. The molecule has 2 N–H and O–H groups in total. The van der Waals surface area contributed by atoms with E-state index in [0.29, 0.717) is 11.9 Å². The van der Waals surface area contributed by atoms with Gasteiger partial charge in [-0.3, -0.25) is 10.1 Å². The zero-order valence-corrected chi connectivity index (χ0v) is 12.6.